The molecular weight excluding hydrogens is 185 g/mol. The predicted octanol–water partition coefficient (Wildman–Crippen LogP) is 2.70. The summed E-state index contributed by atoms with van der Waals surface area (Å²) in [7, 11) is 0. The summed E-state index contributed by atoms with van der Waals surface area (Å²) in [6.45, 7) is 1.49. The van der Waals surface area contributed by atoms with Gasteiger partial charge >= 0.3 is 0 Å². The van der Waals surface area contributed by atoms with Crippen LogP contribution in [-0.4, -0.2) is 4.92 Å². The van der Waals surface area contributed by atoms with Gasteiger partial charge < -0.3 is 0 Å². The first-order valence-corrected chi connectivity index (χ1v) is 3.51. The third-order valence-corrected chi connectivity index (χ3v) is 1.81. The molecule has 0 heterocycles. The van der Waals surface area contributed by atoms with Crippen LogP contribution < -0.4 is 0 Å². The van der Waals surface area contributed by atoms with Crippen molar-refractivity contribution in [1.29, 1.82) is 0 Å². The van der Waals surface area contributed by atoms with Crippen LogP contribution in [0.25, 0.3) is 0 Å². The predicted molar refractivity (Wildman–Crippen MR) is 42.8 cm³/mol. The maximum atomic E-state index is 12.9. The normalized spacial score (nSPS) is 9.92. The van der Waals surface area contributed by atoms with Gasteiger partial charge in [-0.05, 0) is 18.6 Å². The van der Waals surface area contributed by atoms with Crippen LogP contribution in [0.1, 0.15) is 5.56 Å². The van der Waals surface area contributed by atoms with Crippen LogP contribution in [0.5, 0.6) is 0 Å². The molecule has 0 bridgehead atoms. The third kappa shape index (κ3) is 1.38. The Morgan fingerprint density at radius 3 is 2.67 bits per heavy atom. The second kappa shape index (κ2) is 3.06. The molecule has 0 aliphatic heterocycles. The first kappa shape index (κ1) is 8.93. The molecule has 0 radical (unpaired) electrons. The minimum atomic E-state index is -0.731. The molecule has 1 aromatic rings. The molecule has 0 N–H and O–H groups in total. The highest BCUT2D eigenvalue weighted by atomic mass is 35.5. The van der Waals surface area contributed by atoms with Crippen molar-refractivity contribution in [1.82, 2.24) is 0 Å². The largest absolute Gasteiger partial charge is 0.290 e. The lowest BCUT2D eigenvalue weighted by Gasteiger charge is -1.98. The summed E-state index contributed by atoms with van der Waals surface area (Å²) in [5.74, 6) is -0.731. The topological polar surface area (TPSA) is 43.1 Å². The zero-order valence-corrected chi connectivity index (χ0v) is 6.93. The SMILES string of the molecule is Cc1ccc([N+](=O)[O-])c(Cl)c1F. The first-order valence-electron chi connectivity index (χ1n) is 3.13. The van der Waals surface area contributed by atoms with Crippen molar-refractivity contribution >= 4 is 17.3 Å². The summed E-state index contributed by atoms with van der Waals surface area (Å²) in [6.07, 6.45) is 0. The van der Waals surface area contributed by atoms with Gasteiger partial charge in [0, 0.05) is 6.07 Å². The molecule has 1 aromatic carbocycles. The number of benzene rings is 1. The van der Waals surface area contributed by atoms with Gasteiger partial charge in [0.25, 0.3) is 5.69 Å². The van der Waals surface area contributed by atoms with Crippen LogP contribution in [0.15, 0.2) is 12.1 Å². The highest BCUT2D eigenvalue weighted by molar-refractivity contribution is 6.32. The summed E-state index contributed by atoms with van der Waals surface area (Å²) in [6, 6.07) is 2.50. The quantitative estimate of drug-likeness (QED) is 0.504. The van der Waals surface area contributed by atoms with Crippen LogP contribution in [0.2, 0.25) is 5.02 Å². The molecule has 0 amide bonds. The molecule has 64 valence electrons. The minimum absolute atomic E-state index is 0.297. The summed E-state index contributed by atoms with van der Waals surface area (Å²) >= 11 is 5.38. The van der Waals surface area contributed by atoms with Crippen LogP contribution in [0, 0.1) is 22.9 Å². The number of rotatable bonds is 1. The Kier molecular flexibility index (Phi) is 2.28. The third-order valence-electron chi connectivity index (χ3n) is 1.45. The molecular formula is C7H5ClFNO2. The number of nitro benzene ring substituents is 1. The van der Waals surface area contributed by atoms with E-state index in [0.29, 0.717) is 5.56 Å². The Morgan fingerprint density at radius 2 is 2.17 bits per heavy atom. The summed E-state index contributed by atoms with van der Waals surface area (Å²) in [4.78, 5) is 9.52. The number of aryl methyl sites for hydroxylation is 1. The second-order valence-corrected chi connectivity index (χ2v) is 2.66. The van der Waals surface area contributed by atoms with Gasteiger partial charge in [0.1, 0.15) is 0 Å². The van der Waals surface area contributed by atoms with Gasteiger partial charge in [-0.3, -0.25) is 10.1 Å². The second-order valence-electron chi connectivity index (χ2n) is 2.29. The van der Waals surface area contributed by atoms with Crippen molar-refractivity contribution in [2.45, 2.75) is 6.92 Å². The van der Waals surface area contributed by atoms with Crippen molar-refractivity contribution in [3.8, 4) is 0 Å². The van der Waals surface area contributed by atoms with E-state index in [1.54, 1.807) is 0 Å². The standard InChI is InChI=1S/C7H5ClFNO2/c1-4-2-3-5(10(11)12)6(8)7(4)9/h2-3H,1H3. The van der Waals surface area contributed by atoms with Crippen LogP contribution in [0.4, 0.5) is 10.1 Å². The van der Waals surface area contributed by atoms with Crippen LogP contribution in [-0.2, 0) is 0 Å². The summed E-state index contributed by atoms with van der Waals surface area (Å²) in [5, 5.41) is 9.81. The molecule has 0 atom stereocenters. The van der Waals surface area contributed by atoms with E-state index in [1.165, 1.54) is 19.1 Å². The van der Waals surface area contributed by atoms with E-state index in [9.17, 15) is 14.5 Å². The first-order chi connectivity index (χ1) is 5.54. The Hall–Kier alpha value is -1.16. The van der Waals surface area contributed by atoms with Crippen molar-refractivity contribution in [2.75, 3.05) is 0 Å². The lowest BCUT2D eigenvalue weighted by Crippen LogP contribution is -1.92. The van der Waals surface area contributed by atoms with E-state index >= 15 is 0 Å². The fourth-order valence-electron chi connectivity index (χ4n) is 0.777. The molecule has 0 fully saturated rings. The van der Waals surface area contributed by atoms with Gasteiger partial charge in [0.15, 0.2) is 10.8 Å². The van der Waals surface area contributed by atoms with Crippen molar-refractivity contribution < 1.29 is 9.31 Å². The van der Waals surface area contributed by atoms with Gasteiger partial charge in [-0.1, -0.05) is 11.6 Å². The van der Waals surface area contributed by atoms with Crippen LogP contribution in [0.3, 0.4) is 0 Å². The highest BCUT2D eigenvalue weighted by Gasteiger charge is 2.17. The molecule has 0 aromatic heterocycles. The van der Waals surface area contributed by atoms with Gasteiger partial charge in [-0.25, -0.2) is 4.39 Å². The zero-order valence-electron chi connectivity index (χ0n) is 6.17. The minimum Gasteiger partial charge on any atom is -0.258 e. The lowest BCUT2D eigenvalue weighted by atomic mass is 10.2. The average Bonchev–Trinajstić information content (AvgIpc) is 2.00. The van der Waals surface area contributed by atoms with Crippen molar-refractivity contribution in [3.63, 3.8) is 0 Å². The highest BCUT2D eigenvalue weighted by Crippen LogP contribution is 2.28. The van der Waals surface area contributed by atoms with E-state index < -0.39 is 21.5 Å². The summed E-state index contributed by atoms with van der Waals surface area (Å²) in [5.41, 5.74) is -0.106. The number of hydrogen-bond acceptors (Lipinski definition) is 2. The monoisotopic (exact) mass is 189 g/mol. The van der Waals surface area contributed by atoms with Gasteiger partial charge in [0.05, 0.1) is 4.92 Å². The van der Waals surface area contributed by atoms with Gasteiger partial charge in [0.2, 0.25) is 0 Å². The Balaban J connectivity index is 3.36. The zero-order chi connectivity index (χ0) is 9.30. The molecule has 0 aliphatic carbocycles. The van der Waals surface area contributed by atoms with Crippen molar-refractivity contribution in [3.05, 3.63) is 38.7 Å². The maximum absolute atomic E-state index is 12.9. The molecule has 1 rings (SSSR count). The van der Waals surface area contributed by atoms with E-state index in [2.05, 4.69) is 0 Å². The smallest absolute Gasteiger partial charge is 0.258 e. The maximum Gasteiger partial charge on any atom is 0.290 e. The number of hydrogen-bond donors (Lipinski definition) is 0. The van der Waals surface area contributed by atoms with Crippen molar-refractivity contribution in [2.24, 2.45) is 0 Å². The number of nitro groups is 1. The molecule has 0 spiro atoms. The fourth-order valence-corrected chi connectivity index (χ4v) is 1.06. The van der Waals surface area contributed by atoms with Gasteiger partial charge in [-0.2, -0.15) is 0 Å². The molecule has 12 heavy (non-hydrogen) atoms. The van der Waals surface area contributed by atoms with E-state index in [-0.39, 0.29) is 0 Å². The fraction of sp³-hybridized carbons (Fsp3) is 0.143. The van der Waals surface area contributed by atoms with Gasteiger partial charge in [-0.15, -0.1) is 0 Å². The average molecular weight is 190 g/mol. The Morgan fingerprint density at radius 1 is 1.58 bits per heavy atom. The van der Waals surface area contributed by atoms with E-state index in [0.717, 1.165) is 0 Å². The Labute approximate surface area is 72.9 Å². The molecule has 0 aliphatic rings. The van der Waals surface area contributed by atoms with E-state index in [4.69, 9.17) is 11.6 Å². The summed E-state index contributed by atoms with van der Waals surface area (Å²) < 4.78 is 12.9. The molecule has 0 saturated heterocycles. The number of halogens is 2. The molecule has 0 unspecified atom stereocenters. The molecule has 3 nitrogen and oxygen atoms in total. The lowest BCUT2D eigenvalue weighted by molar-refractivity contribution is -0.384. The molecule has 0 saturated carbocycles. The van der Waals surface area contributed by atoms with E-state index in [1.807, 2.05) is 0 Å². The molecule has 5 heteroatoms. The number of nitrogens with zero attached hydrogens (tertiary/aromatic N) is 1. The van der Waals surface area contributed by atoms with Crippen LogP contribution >= 0.6 is 11.6 Å². The Bertz CT molecular complexity index is 340.